The van der Waals surface area contributed by atoms with Crippen LogP contribution in [0.4, 0.5) is 14.5 Å². The lowest BCUT2D eigenvalue weighted by molar-refractivity contribution is -0.375. The first-order chi connectivity index (χ1) is 8.28. The van der Waals surface area contributed by atoms with Crippen LogP contribution in [0.25, 0.3) is 10.8 Å². The number of nitrogens with two attached hydrogens (primary N) is 1. The van der Waals surface area contributed by atoms with Gasteiger partial charge in [-0.1, -0.05) is 6.07 Å². The molecule has 0 saturated heterocycles. The van der Waals surface area contributed by atoms with Gasteiger partial charge in [0.05, 0.1) is 0 Å². The lowest BCUT2D eigenvalue weighted by Crippen LogP contribution is -2.29. The summed E-state index contributed by atoms with van der Waals surface area (Å²) in [5, 5.41) is 17.7. The summed E-state index contributed by atoms with van der Waals surface area (Å²) in [6, 6.07) is 5.40. The van der Waals surface area contributed by atoms with Crippen molar-refractivity contribution in [3.05, 3.63) is 34.6 Å². The number of fused-ring (bicyclic) bond motifs is 1. The SMILES string of the molecule is Nc1cc(Br)c2c(OC(O)(O)F)c(F)ccc2c1. The van der Waals surface area contributed by atoms with E-state index >= 15 is 0 Å². The Kier molecular flexibility index (Phi) is 3.14. The van der Waals surface area contributed by atoms with Crippen LogP contribution in [0.15, 0.2) is 28.7 Å². The molecule has 0 aliphatic heterocycles. The highest BCUT2D eigenvalue weighted by Crippen LogP contribution is 2.37. The third kappa shape index (κ3) is 2.53. The van der Waals surface area contributed by atoms with Crippen molar-refractivity contribution in [2.75, 3.05) is 5.73 Å². The van der Waals surface area contributed by atoms with E-state index in [2.05, 4.69) is 20.7 Å². The van der Waals surface area contributed by atoms with E-state index in [1.807, 2.05) is 0 Å². The summed E-state index contributed by atoms with van der Waals surface area (Å²) in [5.41, 5.74) is 6.01. The van der Waals surface area contributed by atoms with E-state index in [-0.39, 0.29) is 5.39 Å². The van der Waals surface area contributed by atoms with Gasteiger partial charge in [-0.05, 0) is 39.5 Å². The number of hydrogen-bond donors (Lipinski definition) is 3. The first-order valence-corrected chi connectivity index (χ1v) is 5.57. The highest BCUT2D eigenvalue weighted by molar-refractivity contribution is 9.10. The number of halogens is 3. The van der Waals surface area contributed by atoms with Gasteiger partial charge in [0.2, 0.25) is 0 Å². The van der Waals surface area contributed by atoms with Gasteiger partial charge >= 0.3 is 6.23 Å². The number of alkyl halides is 1. The average Bonchev–Trinajstić information content (AvgIpc) is 2.20. The Morgan fingerprint density at radius 2 is 1.94 bits per heavy atom. The second-order valence-electron chi connectivity index (χ2n) is 3.61. The van der Waals surface area contributed by atoms with E-state index in [0.717, 1.165) is 6.07 Å². The molecule has 0 saturated carbocycles. The maximum absolute atomic E-state index is 13.6. The maximum Gasteiger partial charge on any atom is 0.492 e. The molecule has 0 unspecified atom stereocenters. The quantitative estimate of drug-likeness (QED) is 0.586. The predicted molar refractivity (Wildman–Crippen MR) is 64.9 cm³/mol. The molecule has 0 heterocycles. The molecule has 0 radical (unpaired) electrons. The maximum atomic E-state index is 13.6. The number of hydrogen-bond acceptors (Lipinski definition) is 4. The lowest BCUT2D eigenvalue weighted by atomic mass is 10.1. The van der Waals surface area contributed by atoms with Crippen molar-refractivity contribution in [2.24, 2.45) is 0 Å². The molecule has 0 spiro atoms. The van der Waals surface area contributed by atoms with Crippen LogP contribution < -0.4 is 10.5 Å². The molecule has 0 atom stereocenters. The largest absolute Gasteiger partial charge is 0.492 e. The number of benzene rings is 2. The van der Waals surface area contributed by atoms with Crippen LogP contribution in [0.5, 0.6) is 5.75 Å². The van der Waals surface area contributed by atoms with Crippen molar-refractivity contribution in [1.29, 1.82) is 0 Å². The van der Waals surface area contributed by atoms with Crippen LogP contribution in [0.1, 0.15) is 0 Å². The van der Waals surface area contributed by atoms with Crippen molar-refractivity contribution in [3.8, 4) is 5.75 Å². The monoisotopic (exact) mass is 319 g/mol. The standard InChI is InChI=1S/C11H8BrF2NO3/c12-7-4-6(15)3-5-1-2-8(13)10(9(5)7)18-11(14,16)17/h1-4,16-17H,15H2. The molecule has 2 aromatic rings. The Hall–Kier alpha value is -1.44. The van der Waals surface area contributed by atoms with Crippen molar-refractivity contribution in [1.82, 2.24) is 0 Å². The van der Waals surface area contributed by atoms with E-state index in [9.17, 15) is 8.78 Å². The molecule has 0 fully saturated rings. The first kappa shape index (κ1) is 13.0. The predicted octanol–water partition coefficient (Wildman–Crippen LogP) is 2.27. The number of aliphatic hydroxyl groups is 2. The molecule has 2 aromatic carbocycles. The first-order valence-electron chi connectivity index (χ1n) is 4.78. The van der Waals surface area contributed by atoms with Gasteiger partial charge in [0.15, 0.2) is 11.6 Å². The van der Waals surface area contributed by atoms with Gasteiger partial charge in [0.1, 0.15) is 0 Å². The summed E-state index contributed by atoms with van der Waals surface area (Å²) in [7, 11) is 0. The summed E-state index contributed by atoms with van der Waals surface area (Å²) in [4.78, 5) is 0. The molecule has 0 aromatic heterocycles. The van der Waals surface area contributed by atoms with E-state index in [0.29, 0.717) is 15.5 Å². The molecular formula is C11H8BrF2NO3. The number of anilines is 1. The van der Waals surface area contributed by atoms with Gasteiger partial charge in [0.25, 0.3) is 0 Å². The van der Waals surface area contributed by atoms with Gasteiger partial charge < -0.3 is 20.7 Å². The number of nitrogen functional groups attached to an aromatic ring is 1. The molecule has 0 aliphatic carbocycles. The van der Waals surface area contributed by atoms with Crippen molar-refractivity contribution < 1.29 is 23.7 Å². The zero-order valence-electron chi connectivity index (χ0n) is 8.82. The molecule has 0 bridgehead atoms. The molecule has 0 aliphatic rings. The van der Waals surface area contributed by atoms with Crippen LogP contribution in [0.3, 0.4) is 0 Å². The number of ether oxygens (including phenoxy) is 1. The summed E-state index contributed by atoms with van der Waals surface area (Å²) in [6.45, 7) is 0. The van der Waals surface area contributed by atoms with Crippen LogP contribution in [-0.2, 0) is 0 Å². The summed E-state index contributed by atoms with van der Waals surface area (Å²) in [5.74, 6) is -1.55. The second-order valence-corrected chi connectivity index (χ2v) is 4.46. The summed E-state index contributed by atoms with van der Waals surface area (Å²) in [6.07, 6.45) is -3.96. The van der Waals surface area contributed by atoms with Gasteiger partial charge in [0, 0.05) is 15.5 Å². The fourth-order valence-electron chi connectivity index (χ4n) is 1.61. The normalized spacial score (nSPS) is 11.8. The summed E-state index contributed by atoms with van der Waals surface area (Å²) < 4.78 is 30.7. The van der Waals surface area contributed by atoms with Crippen LogP contribution in [-0.4, -0.2) is 16.4 Å². The molecular weight excluding hydrogens is 312 g/mol. The molecule has 96 valence electrons. The fraction of sp³-hybridized carbons (Fsp3) is 0.0909. The van der Waals surface area contributed by atoms with Crippen molar-refractivity contribution in [3.63, 3.8) is 0 Å². The third-order valence-electron chi connectivity index (χ3n) is 2.23. The van der Waals surface area contributed by atoms with Crippen LogP contribution >= 0.6 is 15.9 Å². The third-order valence-corrected chi connectivity index (χ3v) is 2.85. The van der Waals surface area contributed by atoms with Crippen molar-refractivity contribution in [2.45, 2.75) is 6.23 Å². The Morgan fingerprint density at radius 3 is 2.56 bits per heavy atom. The minimum absolute atomic E-state index is 0.148. The average molecular weight is 320 g/mol. The number of rotatable bonds is 2. The minimum Gasteiger partial charge on any atom is -0.409 e. The lowest BCUT2D eigenvalue weighted by Gasteiger charge is -2.16. The van der Waals surface area contributed by atoms with Gasteiger partial charge in [-0.2, -0.15) is 0 Å². The second kappa shape index (κ2) is 4.34. The smallest absolute Gasteiger partial charge is 0.409 e. The molecule has 4 N–H and O–H groups in total. The van der Waals surface area contributed by atoms with Gasteiger partial charge in [-0.25, -0.2) is 4.39 Å². The Morgan fingerprint density at radius 1 is 1.28 bits per heavy atom. The van der Waals surface area contributed by atoms with E-state index < -0.39 is 17.8 Å². The Bertz CT molecular complexity index is 613. The molecule has 7 heteroatoms. The topological polar surface area (TPSA) is 75.7 Å². The Balaban J connectivity index is 2.74. The van der Waals surface area contributed by atoms with E-state index in [1.54, 1.807) is 0 Å². The van der Waals surface area contributed by atoms with Crippen molar-refractivity contribution >= 4 is 32.4 Å². The highest BCUT2D eigenvalue weighted by Gasteiger charge is 2.28. The molecule has 2 rings (SSSR count). The van der Waals surface area contributed by atoms with Gasteiger partial charge in [-0.3, -0.25) is 0 Å². The summed E-state index contributed by atoms with van der Waals surface area (Å²) >= 11 is 3.13. The Labute approximate surface area is 109 Å². The fourth-order valence-corrected chi connectivity index (χ4v) is 2.28. The molecule has 0 amide bonds. The minimum atomic E-state index is -3.96. The van der Waals surface area contributed by atoms with E-state index in [4.69, 9.17) is 15.9 Å². The molecule has 18 heavy (non-hydrogen) atoms. The van der Waals surface area contributed by atoms with E-state index in [1.165, 1.54) is 18.2 Å². The van der Waals surface area contributed by atoms with Crippen LogP contribution in [0.2, 0.25) is 0 Å². The van der Waals surface area contributed by atoms with Gasteiger partial charge in [-0.15, -0.1) is 4.39 Å². The van der Waals surface area contributed by atoms with Crippen LogP contribution in [0, 0.1) is 5.82 Å². The zero-order valence-corrected chi connectivity index (χ0v) is 10.4. The molecule has 4 nitrogen and oxygen atoms in total. The highest BCUT2D eigenvalue weighted by atomic mass is 79.9. The zero-order chi connectivity index (χ0) is 13.5.